The molecule has 0 bridgehead atoms. The molecule has 2 nitrogen and oxygen atoms in total. The summed E-state index contributed by atoms with van der Waals surface area (Å²) in [5.74, 6) is 0.393. The van der Waals surface area contributed by atoms with Crippen molar-refractivity contribution in [2.45, 2.75) is 71.1 Å². The zero-order chi connectivity index (χ0) is 28.4. The SMILES string of the molecule is CCCCCCCOc1ccc(CCc2ccc3c(F)c(CCc4ccc(OC(F)(F)F)cc4)ccc3c2)cc1. The second kappa shape index (κ2) is 14.2. The van der Waals surface area contributed by atoms with Gasteiger partial charge in [0.15, 0.2) is 0 Å². The van der Waals surface area contributed by atoms with E-state index in [1.165, 1.54) is 43.4 Å². The van der Waals surface area contributed by atoms with Crippen LogP contribution < -0.4 is 9.47 Å². The van der Waals surface area contributed by atoms with Crippen LogP contribution in [0.5, 0.6) is 11.5 Å². The molecule has 6 heteroatoms. The third-order valence-electron chi connectivity index (χ3n) is 7.08. The van der Waals surface area contributed by atoms with Crippen LogP contribution in [-0.2, 0) is 25.7 Å². The third-order valence-corrected chi connectivity index (χ3v) is 7.08. The Morgan fingerprint density at radius 3 is 1.90 bits per heavy atom. The fraction of sp³-hybridized carbons (Fsp3) is 0.353. The first-order valence-corrected chi connectivity index (χ1v) is 14.1. The summed E-state index contributed by atoms with van der Waals surface area (Å²) in [5.41, 5.74) is 3.77. The van der Waals surface area contributed by atoms with Gasteiger partial charge in [0.25, 0.3) is 0 Å². The van der Waals surface area contributed by atoms with Gasteiger partial charge in [-0.05, 0) is 84.0 Å². The predicted molar refractivity (Wildman–Crippen MR) is 153 cm³/mol. The quantitative estimate of drug-likeness (QED) is 0.114. The van der Waals surface area contributed by atoms with Gasteiger partial charge in [-0.2, -0.15) is 0 Å². The first-order valence-electron chi connectivity index (χ1n) is 14.1. The summed E-state index contributed by atoms with van der Waals surface area (Å²) in [6.45, 7) is 2.97. The predicted octanol–water partition coefficient (Wildman–Crippen LogP) is 9.80. The Bertz CT molecular complexity index is 1350. The summed E-state index contributed by atoms with van der Waals surface area (Å²) in [4.78, 5) is 0. The van der Waals surface area contributed by atoms with Crippen molar-refractivity contribution in [2.24, 2.45) is 0 Å². The summed E-state index contributed by atoms with van der Waals surface area (Å²) in [6.07, 6.45) is 4.08. The first kappa shape index (κ1) is 29.4. The van der Waals surface area contributed by atoms with Crippen LogP contribution in [0.2, 0.25) is 0 Å². The molecule has 4 rings (SSSR count). The van der Waals surface area contributed by atoms with Gasteiger partial charge in [0.1, 0.15) is 17.3 Å². The summed E-state index contributed by atoms with van der Waals surface area (Å²) in [7, 11) is 0. The van der Waals surface area contributed by atoms with E-state index in [9.17, 15) is 13.2 Å². The molecule has 0 fully saturated rings. The van der Waals surface area contributed by atoms with Crippen LogP contribution >= 0.6 is 0 Å². The minimum absolute atomic E-state index is 0.248. The molecule has 212 valence electrons. The lowest BCUT2D eigenvalue weighted by atomic mass is 9.97. The van der Waals surface area contributed by atoms with Gasteiger partial charge in [-0.1, -0.05) is 87.2 Å². The normalized spacial score (nSPS) is 11.6. The van der Waals surface area contributed by atoms with Gasteiger partial charge in [-0.3, -0.25) is 0 Å². The van der Waals surface area contributed by atoms with Crippen LogP contribution in [0.4, 0.5) is 17.6 Å². The average molecular weight is 553 g/mol. The molecule has 0 N–H and O–H groups in total. The maximum atomic E-state index is 15.3. The van der Waals surface area contributed by atoms with Crippen molar-refractivity contribution in [3.63, 3.8) is 0 Å². The lowest BCUT2D eigenvalue weighted by molar-refractivity contribution is -0.274. The molecule has 4 aromatic carbocycles. The first-order chi connectivity index (χ1) is 19.3. The fourth-order valence-electron chi connectivity index (χ4n) is 4.81. The highest BCUT2D eigenvalue weighted by Crippen LogP contribution is 2.26. The zero-order valence-corrected chi connectivity index (χ0v) is 22.9. The van der Waals surface area contributed by atoms with E-state index in [0.29, 0.717) is 23.8 Å². The highest BCUT2D eigenvalue weighted by atomic mass is 19.4. The van der Waals surface area contributed by atoms with Gasteiger partial charge in [-0.15, -0.1) is 13.2 Å². The average Bonchev–Trinajstić information content (AvgIpc) is 2.94. The maximum absolute atomic E-state index is 15.3. The van der Waals surface area contributed by atoms with E-state index in [1.807, 2.05) is 36.4 Å². The molecule has 0 saturated carbocycles. The Hall–Kier alpha value is -3.54. The Kier molecular flexibility index (Phi) is 10.5. The van der Waals surface area contributed by atoms with Crippen molar-refractivity contribution < 1.29 is 27.0 Å². The zero-order valence-electron chi connectivity index (χ0n) is 22.9. The van der Waals surface area contributed by atoms with Crippen molar-refractivity contribution in [1.29, 1.82) is 0 Å². The van der Waals surface area contributed by atoms with Crippen LogP contribution in [0.3, 0.4) is 0 Å². The highest BCUT2D eigenvalue weighted by molar-refractivity contribution is 5.84. The highest BCUT2D eigenvalue weighted by Gasteiger charge is 2.30. The van der Waals surface area contributed by atoms with E-state index in [1.54, 1.807) is 18.2 Å². The number of unbranched alkanes of at least 4 members (excludes halogenated alkanes) is 4. The second-order valence-electron chi connectivity index (χ2n) is 10.2. The monoisotopic (exact) mass is 552 g/mol. The number of alkyl halides is 3. The number of ether oxygens (including phenoxy) is 2. The molecule has 0 amide bonds. The largest absolute Gasteiger partial charge is 0.573 e. The molecule has 0 spiro atoms. The number of hydrogen-bond donors (Lipinski definition) is 0. The molecule has 0 aliphatic heterocycles. The van der Waals surface area contributed by atoms with Crippen molar-refractivity contribution in [3.05, 3.63) is 107 Å². The van der Waals surface area contributed by atoms with Crippen molar-refractivity contribution in [2.75, 3.05) is 6.61 Å². The van der Waals surface area contributed by atoms with Crippen molar-refractivity contribution in [1.82, 2.24) is 0 Å². The molecule has 0 saturated heterocycles. The second-order valence-corrected chi connectivity index (χ2v) is 10.2. The molecule has 40 heavy (non-hydrogen) atoms. The molecule has 4 aromatic rings. The topological polar surface area (TPSA) is 18.5 Å². The molecule has 0 aliphatic rings. The van der Waals surface area contributed by atoms with Gasteiger partial charge in [0, 0.05) is 5.39 Å². The van der Waals surface area contributed by atoms with Gasteiger partial charge in [0.2, 0.25) is 0 Å². The number of halogens is 4. The molecule has 0 atom stereocenters. The van der Waals surface area contributed by atoms with Crippen molar-refractivity contribution in [3.8, 4) is 11.5 Å². The molecule has 0 heterocycles. The van der Waals surface area contributed by atoms with E-state index in [2.05, 4.69) is 23.8 Å². The lowest BCUT2D eigenvalue weighted by Gasteiger charge is -2.11. The molecule has 0 aromatic heterocycles. The number of rotatable bonds is 14. The summed E-state index contributed by atoms with van der Waals surface area (Å²) in [5, 5.41) is 1.43. The Morgan fingerprint density at radius 1 is 0.625 bits per heavy atom. The van der Waals surface area contributed by atoms with Crippen LogP contribution in [-0.4, -0.2) is 13.0 Å². The van der Waals surface area contributed by atoms with Crippen LogP contribution in [0, 0.1) is 5.82 Å². The van der Waals surface area contributed by atoms with Crippen LogP contribution in [0.25, 0.3) is 10.8 Å². The number of aryl methyl sites for hydroxylation is 4. The minimum atomic E-state index is -4.72. The minimum Gasteiger partial charge on any atom is -0.494 e. The third kappa shape index (κ3) is 9.00. The van der Waals surface area contributed by atoms with E-state index in [-0.39, 0.29) is 11.6 Å². The van der Waals surface area contributed by atoms with E-state index in [4.69, 9.17) is 4.74 Å². The van der Waals surface area contributed by atoms with Crippen LogP contribution in [0.1, 0.15) is 61.3 Å². The molecular formula is C34H36F4O2. The summed E-state index contributed by atoms with van der Waals surface area (Å²) in [6, 6.07) is 23.6. The Labute approximate surface area is 233 Å². The smallest absolute Gasteiger partial charge is 0.494 e. The number of hydrogen-bond acceptors (Lipinski definition) is 2. The van der Waals surface area contributed by atoms with Crippen molar-refractivity contribution >= 4 is 10.8 Å². The molecule has 0 aliphatic carbocycles. The standard InChI is InChI=1S/C34H36F4O2/c1-2-3-4-5-6-23-39-30-18-10-25(11-19-30)7-8-27-14-22-32-29(24-27)17-16-28(33(32)35)15-9-26-12-20-31(21-13-26)40-34(36,37)38/h10-14,16-22,24H,2-9,15,23H2,1H3. The molecule has 0 unspecified atom stereocenters. The lowest BCUT2D eigenvalue weighted by Crippen LogP contribution is -2.17. The Morgan fingerprint density at radius 2 is 1.23 bits per heavy atom. The number of benzene rings is 4. The van der Waals surface area contributed by atoms with Crippen LogP contribution in [0.15, 0.2) is 78.9 Å². The summed E-state index contributed by atoms with van der Waals surface area (Å²) < 4.78 is 62.0. The van der Waals surface area contributed by atoms with Gasteiger partial charge >= 0.3 is 6.36 Å². The Balaban J connectivity index is 1.28. The summed E-state index contributed by atoms with van der Waals surface area (Å²) >= 11 is 0. The van der Waals surface area contributed by atoms with Gasteiger partial charge in [-0.25, -0.2) is 4.39 Å². The van der Waals surface area contributed by atoms with E-state index >= 15 is 4.39 Å². The number of fused-ring (bicyclic) bond motifs is 1. The molecule has 0 radical (unpaired) electrons. The molecular weight excluding hydrogens is 516 g/mol. The fourth-order valence-corrected chi connectivity index (χ4v) is 4.81. The van der Waals surface area contributed by atoms with E-state index < -0.39 is 6.36 Å². The van der Waals surface area contributed by atoms with Gasteiger partial charge < -0.3 is 9.47 Å². The van der Waals surface area contributed by atoms with Gasteiger partial charge in [0.05, 0.1) is 6.61 Å². The maximum Gasteiger partial charge on any atom is 0.573 e. The van der Waals surface area contributed by atoms with E-state index in [0.717, 1.165) is 48.1 Å².